The minimum absolute atomic E-state index is 0.158. The molecule has 1 atom stereocenters. The van der Waals surface area contributed by atoms with Crippen LogP contribution in [0.1, 0.15) is 19.3 Å². The molecule has 2 heterocycles. The number of ether oxygens (including phenoxy) is 1. The van der Waals surface area contributed by atoms with Crippen molar-refractivity contribution in [2.75, 3.05) is 35.5 Å². The fraction of sp³-hybridized carbons (Fsp3) is 0.381. The van der Waals surface area contributed by atoms with Crippen LogP contribution in [0.5, 0.6) is 5.75 Å². The molecular formula is C21H24ClN3O6S2. The van der Waals surface area contributed by atoms with Gasteiger partial charge in [-0.2, -0.15) is 4.31 Å². The Kier molecular flexibility index (Phi) is 6.59. The zero-order chi connectivity index (χ0) is 23.8. The van der Waals surface area contributed by atoms with Gasteiger partial charge in [0.05, 0.1) is 23.4 Å². The first kappa shape index (κ1) is 23.8. The Morgan fingerprint density at radius 1 is 1.03 bits per heavy atom. The number of fused-ring (bicyclic) bond motifs is 1. The maximum Gasteiger partial charge on any atom is 0.267 e. The maximum absolute atomic E-state index is 12.8. The Morgan fingerprint density at radius 3 is 2.33 bits per heavy atom. The van der Waals surface area contributed by atoms with Crippen LogP contribution >= 0.6 is 11.6 Å². The number of benzene rings is 2. The van der Waals surface area contributed by atoms with E-state index in [2.05, 4.69) is 5.32 Å². The lowest BCUT2D eigenvalue weighted by Gasteiger charge is -2.34. The molecular weight excluding hydrogens is 490 g/mol. The second-order valence-corrected chi connectivity index (χ2v) is 12.3. The zero-order valence-corrected chi connectivity index (χ0v) is 20.3. The highest BCUT2D eigenvalue weighted by Gasteiger charge is 2.35. The first-order valence-corrected chi connectivity index (χ1v) is 14.1. The van der Waals surface area contributed by atoms with E-state index in [0.717, 1.165) is 29.8 Å². The molecule has 0 aliphatic carbocycles. The van der Waals surface area contributed by atoms with E-state index >= 15 is 0 Å². The van der Waals surface area contributed by atoms with Crippen LogP contribution in [0.3, 0.4) is 0 Å². The molecule has 178 valence electrons. The average Bonchev–Trinajstić information content (AvgIpc) is 2.78. The lowest BCUT2D eigenvalue weighted by atomic mass is 10.2. The monoisotopic (exact) mass is 513 g/mol. The van der Waals surface area contributed by atoms with Crippen LogP contribution in [0.15, 0.2) is 47.4 Å². The summed E-state index contributed by atoms with van der Waals surface area (Å²) in [6, 6.07) is 10.4. The van der Waals surface area contributed by atoms with Crippen LogP contribution in [-0.2, 0) is 24.8 Å². The van der Waals surface area contributed by atoms with Crippen molar-refractivity contribution in [1.82, 2.24) is 4.31 Å². The standard InChI is InChI=1S/C21H24ClN3O6S2/c1-32(27,28)25-14-20(31-19-10-5-15(22)13-18(19)25)21(26)23-16-6-8-17(9-7-16)33(29,30)24-11-3-2-4-12-24/h5-10,13,20H,2-4,11-12,14H2,1H3,(H,23,26)/t20-/m1/s1. The van der Waals surface area contributed by atoms with Gasteiger partial charge in [0.2, 0.25) is 20.0 Å². The highest BCUT2D eigenvalue weighted by molar-refractivity contribution is 7.92. The number of piperidine rings is 1. The van der Waals surface area contributed by atoms with Gasteiger partial charge >= 0.3 is 0 Å². The van der Waals surface area contributed by atoms with Gasteiger partial charge in [-0.05, 0) is 55.3 Å². The summed E-state index contributed by atoms with van der Waals surface area (Å²) in [4.78, 5) is 13.0. The van der Waals surface area contributed by atoms with Crippen LogP contribution in [0.4, 0.5) is 11.4 Å². The van der Waals surface area contributed by atoms with Crippen molar-refractivity contribution in [2.24, 2.45) is 0 Å². The average molecular weight is 514 g/mol. The number of hydrogen-bond acceptors (Lipinski definition) is 6. The molecule has 0 aromatic heterocycles. The van der Waals surface area contributed by atoms with E-state index in [0.29, 0.717) is 23.8 Å². The largest absolute Gasteiger partial charge is 0.476 e. The van der Waals surface area contributed by atoms with Crippen molar-refractivity contribution >= 4 is 48.9 Å². The van der Waals surface area contributed by atoms with Crippen LogP contribution < -0.4 is 14.4 Å². The van der Waals surface area contributed by atoms with E-state index in [9.17, 15) is 21.6 Å². The van der Waals surface area contributed by atoms with E-state index in [1.807, 2.05) is 0 Å². The molecule has 1 amide bonds. The summed E-state index contributed by atoms with van der Waals surface area (Å²) >= 11 is 5.99. The Hall–Kier alpha value is -2.34. The molecule has 2 aliphatic heterocycles. The maximum atomic E-state index is 12.8. The van der Waals surface area contributed by atoms with Crippen molar-refractivity contribution in [3.63, 3.8) is 0 Å². The number of nitrogens with zero attached hydrogens (tertiary/aromatic N) is 2. The second-order valence-electron chi connectivity index (χ2n) is 7.99. The molecule has 2 aromatic rings. The highest BCUT2D eigenvalue weighted by atomic mass is 35.5. The van der Waals surface area contributed by atoms with Crippen molar-refractivity contribution in [2.45, 2.75) is 30.3 Å². The van der Waals surface area contributed by atoms with Crippen molar-refractivity contribution in [1.29, 1.82) is 0 Å². The minimum Gasteiger partial charge on any atom is -0.476 e. The van der Waals surface area contributed by atoms with E-state index in [-0.39, 0.29) is 22.9 Å². The first-order valence-electron chi connectivity index (χ1n) is 10.4. The van der Waals surface area contributed by atoms with Crippen molar-refractivity contribution < 1.29 is 26.4 Å². The fourth-order valence-corrected chi connectivity index (χ4v) is 6.45. The van der Waals surface area contributed by atoms with Gasteiger partial charge in [0, 0.05) is 23.8 Å². The molecule has 2 aliphatic rings. The molecule has 0 radical (unpaired) electrons. The molecule has 1 saturated heterocycles. The number of sulfonamides is 2. The fourth-order valence-electron chi connectivity index (χ4n) is 3.86. The van der Waals surface area contributed by atoms with Gasteiger partial charge in [-0.25, -0.2) is 16.8 Å². The van der Waals surface area contributed by atoms with E-state index in [1.165, 1.54) is 40.7 Å². The molecule has 1 fully saturated rings. The summed E-state index contributed by atoms with van der Waals surface area (Å²) in [6.45, 7) is 0.784. The number of carbonyl (C=O) groups excluding carboxylic acids is 1. The SMILES string of the molecule is CS(=O)(=O)N1C[C@H](C(=O)Nc2ccc(S(=O)(=O)N3CCCCC3)cc2)Oc2ccc(Cl)cc21. The van der Waals surface area contributed by atoms with Crippen LogP contribution in [0.2, 0.25) is 5.02 Å². The quantitative estimate of drug-likeness (QED) is 0.657. The zero-order valence-electron chi connectivity index (χ0n) is 17.9. The summed E-state index contributed by atoms with van der Waals surface area (Å²) in [5.41, 5.74) is 0.635. The molecule has 1 N–H and O–H groups in total. The predicted octanol–water partition coefficient (Wildman–Crippen LogP) is 2.68. The summed E-state index contributed by atoms with van der Waals surface area (Å²) in [5, 5.41) is 3.01. The van der Waals surface area contributed by atoms with Crippen LogP contribution in [0, 0.1) is 0 Å². The van der Waals surface area contributed by atoms with E-state index in [4.69, 9.17) is 16.3 Å². The molecule has 0 spiro atoms. The summed E-state index contributed by atoms with van der Waals surface area (Å²) in [7, 11) is -7.26. The molecule has 33 heavy (non-hydrogen) atoms. The van der Waals surface area contributed by atoms with Crippen molar-refractivity contribution in [3.8, 4) is 5.75 Å². The molecule has 0 unspecified atom stereocenters. The van der Waals surface area contributed by atoms with Gasteiger partial charge in [-0.3, -0.25) is 9.10 Å². The molecule has 12 heteroatoms. The minimum atomic E-state index is -3.68. The Bertz CT molecular complexity index is 1260. The third-order valence-electron chi connectivity index (χ3n) is 5.56. The number of nitrogens with one attached hydrogen (secondary N) is 1. The Labute approximate surface area is 198 Å². The van der Waals surface area contributed by atoms with Gasteiger partial charge in [-0.15, -0.1) is 0 Å². The smallest absolute Gasteiger partial charge is 0.267 e. The molecule has 9 nitrogen and oxygen atoms in total. The number of hydrogen-bond donors (Lipinski definition) is 1. The van der Waals surface area contributed by atoms with Crippen LogP contribution in [-0.4, -0.2) is 59.0 Å². The Balaban J connectivity index is 1.50. The first-order chi connectivity index (χ1) is 15.6. The Morgan fingerprint density at radius 2 is 1.70 bits per heavy atom. The van der Waals surface area contributed by atoms with Gasteiger partial charge < -0.3 is 10.1 Å². The molecule has 0 saturated carbocycles. The van der Waals surface area contributed by atoms with Gasteiger partial charge in [-0.1, -0.05) is 18.0 Å². The third kappa shape index (κ3) is 5.11. The summed E-state index contributed by atoms with van der Waals surface area (Å²) in [5.74, 6) is -0.338. The van der Waals surface area contributed by atoms with E-state index < -0.39 is 32.1 Å². The topological polar surface area (TPSA) is 113 Å². The lowest BCUT2D eigenvalue weighted by molar-refractivity contribution is -0.122. The second kappa shape index (κ2) is 9.13. The summed E-state index contributed by atoms with van der Waals surface area (Å²) in [6.07, 6.45) is 2.64. The predicted molar refractivity (Wildman–Crippen MR) is 126 cm³/mol. The molecule has 4 rings (SSSR count). The number of anilines is 2. The number of halogens is 1. The molecule has 0 bridgehead atoms. The van der Waals surface area contributed by atoms with Gasteiger partial charge in [0.1, 0.15) is 5.75 Å². The lowest BCUT2D eigenvalue weighted by Crippen LogP contribution is -2.48. The highest BCUT2D eigenvalue weighted by Crippen LogP contribution is 2.37. The van der Waals surface area contributed by atoms with Gasteiger partial charge in [0.15, 0.2) is 6.10 Å². The number of carbonyl (C=O) groups is 1. The number of rotatable bonds is 5. The van der Waals surface area contributed by atoms with E-state index in [1.54, 1.807) is 6.07 Å². The van der Waals surface area contributed by atoms with Crippen LogP contribution in [0.25, 0.3) is 0 Å². The number of amides is 1. The molecule has 2 aromatic carbocycles. The third-order valence-corrected chi connectivity index (χ3v) is 8.85. The summed E-state index contributed by atoms with van der Waals surface area (Å²) < 4.78 is 58.4. The van der Waals surface area contributed by atoms with Crippen molar-refractivity contribution in [3.05, 3.63) is 47.5 Å². The van der Waals surface area contributed by atoms with Gasteiger partial charge in [0.25, 0.3) is 5.91 Å². The normalized spacial score (nSPS) is 19.5.